The fraction of sp³-hybridized carbons (Fsp3) is 0.120. The molecule has 0 amide bonds. The number of rotatable bonds is 6. The van der Waals surface area contributed by atoms with Gasteiger partial charge in [0.05, 0.1) is 16.5 Å². The smallest absolute Gasteiger partial charge is 0.145 e. The lowest BCUT2D eigenvalue weighted by atomic mass is 9.70. The summed E-state index contributed by atoms with van der Waals surface area (Å²) in [5, 5.41) is 2.19. The summed E-state index contributed by atoms with van der Waals surface area (Å²) in [6, 6.07) is 87.1. The van der Waals surface area contributed by atoms with Crippen LogP contribution in [0.15, 0.2) is 235 Å². The summed E-state index contributed by atoms with van der Waals surface area (Å²) in [7, 11) is 0. The van der Waals surface area contributed by atoms with Crippen LogP contribution in [0.25, 0.3) is 66.4 Å². The van der Waals surface area contributed by atoms with Gasteiger partial charge in [0.2, 0.25) is 0 Å². The first-order valence-corrected chi connectivity index (χ1v) is 27.6. The molecule has 78 heavy (non-hydrogen) atoms. The number of hydrogen-bond donors (Lipinski definition) is 0. The van der Waals surface area contributed by atoms with E-state index in [4.69, 9.17) is 4.42 Å². The number of furan rings is 1. The maximum atomic E-state index is 7.44. The highest BCUT2D eigenvalue weighted by Gasteiger charge is 2.53. The fourth-order valence-electron chi connectivity index (χ4n) is 14.7. The molecule has 16 rings (SSSR count). The van der Waals surface area contributed by atoms with Crippen LogP contribution >= 0.6 is 0 Å². The summed E-state index contributed by atoms with van der Waals surface area (Å²) in [6.45, 7) is 13.9. The van der Waals surface area contributed by atoms with E-state index < -0.39 is 5.41 Å². The van der Waals surface area contributed by atoms with E-state index in [9.17, 15) is 0 Å². The molecule has 0 saturated carbocycles. The van der Waals surface area contributed by atoms with E-state index in [1.807, 2.05) is 0 Å². The van der Waals surface area contributed by atoms with Crippen LogP contribution in [-0.2, 0) is 16.2 Å². The van der Waals surface area contributed by atoms with Gasteiger partial charge in [0.1, 0.15) is 11.2 Å². The standard InChI is InChI=1S/C75H56N2O/c1-45-27-31-47(32-28-45)76(49-35-38-56-52-17-7-12-22-60(52)73(3,4)64(56)41-49)50-37-40-58-66(43-50)75(62-24-14-9-19-54(62)55-20-10-15-25-63(55)75)67-44-68(71-59-21-11-16-26-69(59)78-72(71)70(58)67)77(48-33-29-46(2)30-34-48)51-36-39-57-53-18-8-13-23-61(53)74(5,6)65(57)42-51/h7-44H,1-6H3. The van der Waals surface area contributed by atoms with E-state index in [0.717, 1.165) is 61.6 Å². The molecule has 12 aromatic rings. The molecule has 0 N–H and O–H groups in total. The first-order valence-electron chi connectivity index (χ1n) is 27.6. The average Bonchev–Trinajstić information content (AvgIpc) is 2.41. The van der Waals surface area contributed by atoms with Crippen molar-refractivity contribution in [2.24, 2.45) is 0 Å². The molecule has 3 nitrogen and oxygen atoms in total. The summed E-state index contributed by atoms with van der Waals surface area (Å²) < 4.78 is 7.44. The third-order valence-electron chi connectivity index (χ3n) is 18.4. The van der Waals surface area contributed by atoms with Crippen molar-refractivity contribution in [1.82, 2.24) is 0 Å². The molecule has 11 aromatic carbocycles. The average molecular weight is 1000 g/mol. The molecule has 0 fully saturated rings. The van der Waals surface area contributed by atoms with Crippen molar-refractivity contribution in [1.29, 1.82) is 0 Å². The van der Waals surface area contributed by atoms with E-state index >= 15 is 0 Å². The van der Waals surface area contributed by atoms with Crippen LogP contribution < -0.4 is 9.80 Å². The molecular formula is C75H56N2O. The normalized spacial score (nSPS) is 14.8. The summed E-state index contributed by atoms with van der Waals surface area (Å²) in [5.41, 5.74) is 30.3. The van der Waals surface area contributed by atoms with Crippen LogP contribution in [0.4, 0.5) is 34.1 Å². The molecule has 372 valence electrons. The second-order valence-corrected chi connectivity index (χ2v) is 23.3. The van der Waals surface area contributed by atoms with Crippen LogP contribution in [-0.4, -0.2) is 0 Å². The highest BCUT2D eigenvalue weighted by molar-refractivity contribution is 6.20. The van der Waals surface area contributed by atoms with Gasteiger partial charge in [-0.25, -0.2) is 0 Å². The Morgan fingerprint density at radius 2 is 0.718 bits per heavy atom. The Labute approximate surface area is 456 Å². The third-order valence-corrected chi connectivity index (χ3v) is 18.4. The van der Waals surface area contributed by atoms with Gasteiger partial charge in [0.15, 0.2) is 0 Å². The maximum absolute atomic E-state index is 7.44. The summed E-state index contributed by atoms with van der Waals surface area (Å²) in [6.07, 6.45) is 0. The zero-order valence-corrected chi connectivity index (χ0v) is 44.7. The molecule has 3 heteroatoms. The van der Waals surface area contributed by atoms with Gasteiger partial charge in [-0.2, -0.15) is 0 Å². The Morgan fingerprint density at radius 3 is 1.26 bits per heavy atom. The number of hydrogen-bond acceptors (Lipinski definition) is 3. The van der Waals surface area contributed by atoms with E-state index in [2.05, 4.69) is 282 Å². The molecule has 0 aliphatic heterocycles. The van der Waals surface area contributed by atoms with Crippen LogP contribution in [0, 0.1) is 13.8 Å². The van der Waals surface area contributed by atoms with Gasteiger partial charge >= 0.3 is 0 Å². The van der Waals surface area contributed by atoms with Crippen molar-refractivity contribution in [3.8, 4) is 44.5 Å². The summed E-state index contributed by atoms with van der Waals surface area (Å²) in [5.74, 6) is 0. The second kappa shape index (κ2) is 15.9. The number of anilines is 6. The van der Waals surface area contributed by atoms with Gasteiger partial charge in [-0.1, -0.05) is 197 Å². The lowest BCUT2D eigenvalue weighted by molar-refractivity contribution is 0.660. The van der Waals surface area contributed by atoms with E-state index in [1.54, 1.807) is 0 Å². The van der Waals surface area contributed by atoms with E-state index in [0.29, 0.717) is 0 Å². The van der Waals surface area contributed by atoms with Gasteiger partial charge in [0, 0.05) is 50.2 Å². The number of nitrogens with zero attached hydrogens (tertiary/aromatic N) is 2. The highest BCUT2D eigenvalue weighted by Crippen LogP contribution is 2.66. The second-order valence-electron chi connectivity index (χ2n) is 23.3. The number of para-hydroxylation sites is 1. The highest BCUT2D eigenvalue weighted by atomic mass is 16.3. The van der Waals surface area contributed by atoms with Crippen LogP contribution in [0.2, 0.25) is 0 Å². The molecule has 4 aliphatic carbocycles. The zero-order valence-electron chi connectivity index (χ0n) is 44.7. The van der Waals surface area contributed by atoms with E-state index in [1.165, 1.54) is 94.6 Å². The molecule has 1 spiro atoms. The Hall–Kier alpha value is -9.18. The van der Waals surface area contributed by atoms with Crippen molar-refractivity contribution in [2.45, 2.75) is 57.8 Å². The van der Waals surface area contributed by atoms with Gasteiger partial charge in [-0.05, 0) is 170 Å². The molecule has 0 bridgehead atoms. The largest absolute Gasteiger partial charge is 0.455 e. The zero-order chi connectivity index (χ0) is 52.4. The van der Waals surface area contributed by atoms with Gasteiger partial charge in [-0.15, -0.1) is 0 Å². The van der Waals surface area contributed by atoms with Crippen molar-refractivity contribution in [3.05, 3.63) is 286 Å². The molecule has 0 saturated heterocycles. The van der Waals surface area contributed by atoms with Gasteiger partial charge in [-0.3, -0.25) is 0 Å². The van der Waals surface area contributed by atoms with Crippen molar-refractivity contribution < 1.29 is 4.42 Å². The lowest BCUT2D eigenvalue weighted by Crippen LogP contribution is -2.26. The maximum Gasteiger partial charge on any atom is 0.145 e. The summed E-state index contributed by atoms with van der Waals surface area (Å²) in [4.78, 5) is 5.00. The SMILES string of the molecule is Cc1ccc(N(c2ccc3c(c2)C(C)(C)c2ccccc2-3)c2ccc3c(c2)C2(c4ccccc4-c4ccccc42)c2cc(N(c4ccc(C)cc4)c4ccc5c(c4)C(C)(C)c4ccccc4-5)c4c(oc5ccccc54)c2-3)cc1. The van der Waals surface area contributed by atoms with Crippen molar-refractivity contribution >= 4 is 56.1 Å². The molecule has 4 aliphatic rings. The molecule has 0 radical (unpaired) electrons. The minimum atomic E-state index is -0.711. The Bertz CT molecular complexity index is 4480. The Morgan fingerprint density at radius 1 is 0.321 bits per heavy atom. The van der Waals surface area contributed by atoms with Gasteiger partial charge < -0.3 is 14.2 Å². The Balaban J connectivity index is 0.994. The topological polar surface area (TPSA) is 19.6 Å². The molecule has 0 unspecified atom stereocenters. The van der Waals surface area contributed by atoms with Crippen LogP contribution in [0.1, 0.15) is 83.3 Å². The number of fused-ring (bicyclic) bond motifs is 20. The Kier molecular flexibility index (Phi) is 9.21. The van der Waals surface area contributed by atoms with Crippen molar-refractivity contribution in [2.75, 3.05) is 9.80 Å². The molecule has 0 atom stereocenters. The first kappa shape index (κ1) is 45.1. The monoisotopic (exact) mass is 1000 g/mol. The lowest BCUT2D eigenvalue weighted by Gasteiger charge is -2.34. The molecule has 1 aromatic heterocycles. The minimum absolute atomic E-state index is 0.162. The van der Waals surface area contributed by atoms with E-state index in [-0.39, 0.29) is 10.8 Å². The predicted octanol–water partition coefficient (Wildman–Crippen LogP) is 20.1. The fourth-order valence-corrected chi connectivity index (χ4v) is 14.7. The van der Waals surface area contributed by atoms with Gasteiger partial charge in [0.25, 0.3) is 0 Å². The van der Waals surface area contributed by atoms with Crippen LogP contribution in [0.5, 0.6) is 0 Å². The van der Waals surface area contributed by atoms with Crippen molar-refractivity contribution in [3.63, 3.8) is 0 Å². The first-order chi connectivity index (χ1) is 38.0. The molecule has 1 heterocycles. The predicted molar refractivity (Wildman–Crippen MR) is 324 cm³/mol. The molecular weight excluding hydrogens is 945 g/mol. The quantitative estimate of drug-likeness (QED) is 0.165. The number of benzene rings is 11. The summed E-state index contributed by atoms with van der Waals surface area (Å²) >= 11 is 0. The number of aryl methyl sites for hydroxylation is 2. The minimum Gasteiger partial charge on any atom is -0.455 e. The third kappa shape index (κ3) is 5.94. The van der Waals surface area contributed by atoms with Crippen LogP contribution in [0.3, 0.4) is 0 Å².